The van der Waals surface area contributed by atoms with E-state index < -0.39 is 0 Å². The summed E-state index contributed by atoms with van der Waals surface area (Å²) in [6, 6.07) is 7.70. The average Bonchev–Trinajstić information content (AvgIpc) is 2.97. The van der Waals surface area contributed by atoms with Crippen LogP contribution < -0.4 is 10.1 Å². The van der Waals surface area contributed by atoms with E-state index in [4.69, 9.17) is 9.47 Å². The van der Waals surface area contributed by atoms with E-state index >= 15 is 0 Å². The van der Waals surface area contributed by atoms with Crippen molar-refractivity contribution >= 4 is 5.91 Å². The molecule has 0 saturated carbocycles. The lowest BCUT2D eigenvalue weighted by atomic mass is 10.1. The Morgan fingerprint density at radius 2 is 2.14 bits per heavy atom. The summed E-state index contributed by atoms with van der Waals surface area (Å²) in [4.78, 5) is 11.8. The van der Waals surface area contributed by atoms with Crippen LogP contribution in [0.3, 0.4) is 0 Å². The molecule has 0 unspecified atom stereocenters. The first-order valence-corrected chi connectivity index (χ1v) is 7.11. The molecule has 1 N–H and O–H groups in total. The summed E-state index contributed by atoms with van der Waals surface area (Å²) in [7, 11) is 1.59. The quantitative estimate of drug-likeness (QED) is 0.794. The minimum Gasteiger partial charge on any atom is -0.471 e. The first-order valence-electron chi connectivity index (χ1n) is 7.11. The van der Waals surface area contributed by atoms with Gasteiger partial charge >= 0.3 is 0 Å². The number of aryl methyl sites for hydroxylation is 2. The fraction of sp³-hybridized carbons (Fsp3) is 0.375. The first-order chi connectivity index (χ1) is 10.6. The van der Waals surface area contributed by atoms with Crippen molar-refractivity contribution in [3.05, 3.63) is 47.3 Å². The van der Waals surface area contributed by atoms with Gasteiger partial charge in [-0.05, 0) is 37.1 Å². The van der Waals surface area contributed by atoms with Crippen molar-refractivity contribution in [1.82, 2.24) is 15.1 Å². The highest BCUT2D eigenvalue weighted by Gasteiger charge is 2.09. The smallest absolute Gasteiger partial charge is 0.271 e. The van der Waals surface area contributed by atoms with Crippen molar-refractivity contribution in [2.45, 2.75) is 20.6 Å². The number of aromatic nitrogens is 2. The molecule has 2 aromatic rings. The third kappa shape index (κ3) is 4.33. The Morgan fingerprint density at radius 1 is 1.32 bits per heavy atom. The fourth-order valence-electron chi connectivity index (χ4n) is 1.91. The summed E-state index contributed by atoms with van der Waals surface area (Å²) in [6.07, 6.45) is 1.72. The van der Waals surface area contributed by atoms with Crippen molar-refractivity contribution < 1.29 is 14.3 Å². The minimum atomic E-state index is -0.220. The Morgan fingerprint density at radius 3 is 2.91 bits per heavy atom. The standard InChI is InChI=1S/C16H21N3O3/c1-12-4-5-13(2)15(10-12)22-11-19-8-6-14(18-19)16(20)17-7-9-21-3/h4-6,8,10H,7,9,11H2,1-3H3,(H,17,20). The van der Waals surface area contributed by atoms with Crippen LogP contribution in [0.1, 0.15) is 21.6 Å². The zero-order valence-electron chi connectivity index (χ0n) is 13.1. The summed E-state index contributed by atoms with van der Waals surface area (Å²) in [6.45, 7) is 5.20. The maximum absolute atomic E-state index is 11.8. The fourth-order valence-corrected chi connectivity index (χ4v) is 1.91. The molecule has 0 aliphatic rings. The summed E-state index contributed by atoms with van der Waals surface area (Å²) < 4.78 is 12.2. The number of hydrogen-bond donors (Lipinski definition) is 1. The Kier molecular flexibility index (Phi) is 5.55. The maximum Gasteiger partial charge on any atom is 0.271 e. The van der Waals surface area contributed by atoms with Crippen molar-refractivity contribution in [1.29, 1.82) is 0 Å². The monoisotopic (exact) mass is 303 g/mol. The molecule has 118 valence electrons. The molecule has 0 aliphatic heterocycles. The van der Waals surface area contributed by atoms with Crippen LogP contribution in [0.25, 0.3) is 0 Å². The number of amides is 1. The van der Waals surface area contributed by atoms with Gasteiger partial charge in [0.2, 0.25) is 0 Å². The molecule has 1 heterocycles. The first kappa shape index (κ1) is 16.0. The number of methoxy groups -OCH3 is 1. The molecule has 1 aromatic carbocycles. The predicted octanol–water partition coefficient (Wildman–Crippen LogP) is 1.91. The number of nitrogens with one attached hydrogen (secondary N) is 1. The number of ether oxygens (including phenoxy) is 2. The second-order valence-electron chi connectivity index (χ2n) is 5.03. The lowest BCUT2D eigenvalue weighted by molar-refractivity contribution is 0.0930. The summed E-state index contributed by atoms with van der Waals surface area (Å²) in [5, 5.41) is 6.92. The molecule has 2 rings (SSSR count). The minimum absolute atomic E-state index is 0.220. The van der Waals surface area contributed by atoms with Gasteiger partial charge in [-0.15, -0.1) is 0 Å². The highest BCUT2D eigenvalue weighted by molar-refractivity contribution is 5.92. The van der Waals surface area contributed by atoms with E-state index in [2.05, 4.69) is 10.4 Å². The molecule has 22 heavy (non-hydrogen) atoms. The van der Waals surface area contributed by atoms with Gasteiger partial charge in [0.15, 0.2) is 6.73 Å². The molecule has 0 bridgehead atoms. The van der Waals surface area contributed by atoms with Crippen molar-refractivity contribution in [2.24, 2.45) is 0 Å². The van der Waals surface area contributed by atoms with Gasteiger partial charge in [0, 0.05) is 19.9 Å². The molecular weight excluding hydrogens is 282 g/mol. The second-order valence-corrected chi connectivity index (χ2v) is 5.03. The van der Waals surface area contributed by atoms with Crippen molar-refractivity contribution in [2.75, 3.05) is 20.3 Å². The van der Waals surface area contributed by atoms with Gasteiger partial charge in [0.1, 0.15) is 11.4 Å². The van der Waals surface area contributed by atoms with E-state index in [1.54, 1.807) is 24.1 Å². The van der Waals surface area contributed by atoms with Gasteiger partial charge in [-0.3, -0.25) is 4.79 Å². The van der Waals surface area contributed by atoms with Crippen molar-refractivity contribution in [3.8, 4) is 5.75 Å². The molecule has 0 saturated heterocycles. The van der Waals surface area contributed by atoms with E-state index in [1.807, 2.05) is 32.0 Å². The molecule has 6 heteroatoms. The summed E-state index contributed by atoms with van der Waals surface area (Å²) in [5.41, 5.74) is 2.57. The van der Waals surface area contributed by atoms with Gasteiger partial charge in [-0.25, -0.2) is 4.68 Å². The van der Waals surface area contributed by atoms with Crippen LogP contribution in [0.5, 0.6) is 5.75 Å². The molecular formula is C16H21N3O3. The number of carbonyl (C=O) groups excluding carboxylic acids is 1. The van der Waals surface area contributed by atoms with Gasteiger partial charge in [-0.2, -0.15) is 5.10 Å². The second kappa shape index (κ2) is 7.61. The number of nitrogens with zero attached hydrogens (tertiary/aromatic N) is 2. The molecule has 1 aromatic heterocycles. The number of benzene rings is 1. The van der Waals surface area contributed by atoms with Crippen LogP contribution in [0.4, 0.5) is 0 Å². The lowest BCUT2D eigenvalue weighted by Crippen LogP contribution is -2.27. The molecule has 0 spiro atoms. The van der Waals surface area contributed by atoms with Gasteiger partial charge in [0.05, 0.1) is 6.61 Å². The van der Waals surface area contributed by atoms with Crippen molar-refractivity contribution in [3.63, 3.8) is 0 Å². The van der Waals surface area contributed by atoms with Crippen LogP contribution in [-0.2, 0) is 11.5 Å². The van der Waals surface area contributed by atoms with E-state index in [-0.39, 0.29) is 12.6 Å². The van der Waals surface area contributed by atoms with Crippen LogP contribution in [0, 0.1) is 13.8 Å². The Labute approximate surface area is 130 Å². The molecule has 0 fully saturated rings. The van der Waals surface area contributed by atoms with E-state index in [1.165, 1.54) is 0 Å². The summed E-state index contributed by atoms with van der Waals surface area (Å²) >= 11 is 0. The summed E-state index contributed by atoms with van der Waals surface area (Å²) in [5.74, 6) is 0.601. The van der Waals surface area contributed by atoms with Crippen LogP contribution in [-0.4, -0.2) is 35.9 Å². The Balaban J connectivity index is 1.92. The zero-order valence-corrected chi connectivity index (χ0v) is 13.1. The van der Waals surface area contributed by atoms with E-state index in [9.17, 15) is 4.79 Å². The Bertz CT molecular complexity index is 637. The molecule has 6 nitrogen and oxygen atoms in total. The average molecular weight is 303 g/mol. The molecule has 1 amide bonds. The van der Waals surface area contributed by atoms with Crippen LogP contribution in [0.15, 0.2) is 30.5 Å². The van der Waals surface area contributed by atoms with E-state index in [0.717, 1.165) is 16.9 Å². The van der Waals surface area contributed by atoms with Gasteiger partial charge in [0.25, 0.3) is 5.91 Å². The highest BCUT2D eigenvalue weighted by Crippen LogP contribution is 2.19. The number of rotatable bonds is 7. The molecule has 0 atom stereocenters. The predicted molar refractivity (Wildman–Crippen MR) is 83.0 cm³/mol. The third-order valence-electron chi connectivity index (χ3n) is 3.16. The van der Waals surface area contributed by atoms with Gasteiger partial charge in [-0.1, -0.05) is 12.1 Å². The van der Waals surface area contributed by atoms with Gasteiger partial charge < -0.3 is 14.8 Å². The molecule has 0 aliphatic carbocycles. The SMILES string of the molecule is COCCNC(=O)c1ccn(COc2cc(C)ccc2C)n1. The van der Waals surface area contributed by atoms with E-state index in [0.29, 0.717) is 18.8 Å². The Hall–Kier alpha value is -2.34. The number of carbonyl (C=O) groups is 1. The third-order valence-corrected chi connectivity index (χ3v) is 3.16. The van der Waals surface area contributed by atoms with Crippen LogP contribution >= 0.6 is 0 Å². The highest BCUT2D eigenvalue weighted by atomic mass is 16.5. The lowest BCUT2D eigenvalue weighted by Gasteiger charge is -2.09. The topological polar surface area (TPSA) is 65.4 Å². The zero-order chi connectivity index (χ0) is 15.9. The largest absolute Gasteiger partial charge is 0.471 e. The normalized spacial score (nSPS) is 10.5. The molecule has 0 radical (unpaired) electrons. The number of hydrogen-bond acceptors (Lipinski definition) is 4. The van der Waals surface area contributed by atoms with Crippen LogP contribution in [0.2, 0.25) is 0 Å². The maximum atomic E-state index is 11.8.